The molecule has 23 heavy (non-hydrogen) atoms. The number of ether oxygens (including phenoxy) is 1. The number of anilines is 1. The highest BCUT2D eigenvalue weighted by Crippen LogP contribution is 2.29. The molecule has 0 atom stereocenters. The molecule has 0 saturated heterocycles. The van der Waals surface area contributed by atoms with Crippen molar-refractivity contribution in [2.45, 2.75) is 6.61 Å². The maximum Gasteiger partial charge on any atom is 0.387 e. The Balaban J connectivity index is 1.81. The van der Waals surface area contributed by atoms with Gasteiger partial charge in [0.05, 0.1) is 10.5 Å². The van der Waals surface area contributed by atoms with Crippen molar-refractivity contribution in [2.24, 2.45) is 0 Å². The molecular formula is C15H10ClF2N3O2. The van der Waals surface area contributed by atoms with Gasteiger partial charge in [0.2, 0.25) is 0 Å². The van der Waals surface area contributed by atoms with Gasteiger partial charge in [0.15, 0.2) is 5.69 Å². The topological polar surface area (TPSA) is 67.0 Å². The van der Waals surface area contributed by atoms with Crippen molar-refractivity contribution in [1.29, 1.82) is 0 Å². The average molecular weight is 338 g/mol. The molecule has 0 aliphatic carbocycles. The molecule has 0 aliphatic rings. The van der Waals surface area contributed by atoms with Gasteiger partial charge in [0.1, 0.15) is 5.75 Å². The number of alkyl halides is 2. The first kappa shape index (κ1) is 15.2. The lowest BCUT2D eigenvalue weighted by molar-refractivity contribution is -0.0497. The van der Waals surface area contributed by atoms with Crippen molar-refractivity contribution in [3.05, 3.63) is 53.2 Å². The molecule has 2 N–H and O–H groups in total. The minimum absolute atomic E-state index is 0.0324. The monoisotopic (exact) mass is 337 g/mol. The van der Waals surface area contributed by atoms with Gasteiger partial charge in [-0.15, -0.1) is 0 Å². The van der Waals surface area contributed by atoms with E-state index in [-0.39, 0.29) is 16.5 Å². The van der Waals surface area contributed by atoms with Crippen LogP contribution in [-0.2, 0) is 0 Å². The number of rotatable bonds is 4. The molecule has 3 rings (SSSR count). The Morgan fingerprint density at radius 2 is 2.04 bits per heavy atom. The number of para-hydroxylation sites is 1. The van der Waals surface area contributed by atoms with Crippen LogP contribution in [0.5, 0.6) is 5.75 Å². The summed E-state index contributed by atoms with van der Waals surface area (Å²) in [4.78, 5) is 12.3. The fourth-order valence-corrected chi connectivity index (χ4v) is 2.32. The Morgan fingerprint density at radius 3 is 2.78 bits per heavy atom. The lowest BCUT2D eigenvalue weighted by Crippen LogP contribution is -2.13. The highest BCUT2D eigenvalue weighted by atomic mass is 35.5. The van der Waals surface area contributed by atoms with E-state index in [1.165, 1.54) is 18.2 Å². The molecule has 0 radical (unpaired) electrons. The van der Waals surface area contributed by atoms with Crippen LogP contribution in [0.4, 0.5) is 14.5 Å². The fraction of sp³-hybridized carbons (Fsp3) is 0.0667. The summed E-state index contributed by atoms with van der Waals surface area (Å²) < 4.78 is 28.6. The number of nitrogens with one attached hydrogen (secondary N) is 2. The molecule has 8 heteroatoms. The fourth-order valence-electron chi connectivity index (χ4n) is 2.10. The van der Waals surface area contributed by atoms with Crippen molar-refractivity contribution in [1.82, 2.24) is 10.2 Å². The zero-order valence-corrected chi connectivity index (χ0v) is 12.3. The van der Waals surface area contributed by atoms with Gasteiger partial charge < -0.3 is 10.1 Å². The van der Waals surface area contributed by atoms with Gasteiger partial charge in [-0.25, -0.2) is 0 Å². The second kappa shape index (κ2) is 6.21. The van der Waals surface area contributed by atoms with Gasteiger partial charge in [-0.05, 0) is 24.3 Å². The number of halogens is 3. The van der Waals surface area contributed by atoms with E-state index in [0.29, 0.717) is 11.1 Å². The minimum atomic E-state index is -2.97. The van der Waals surface area contributed by atoms with Crippen LogP contribution >= 0.6 is 11.6 Å². The zero-order chi connectivity index (χ0) is 16.4. The minimum Gasteiger partial charge on any atom is -0.433 e. The molecule has 0 unspecified atom stereocenters. The third-order valence-electron chi connectivity index (χ3n) is 3.09. The van der Waals surface area contributed by atoms with E-state index in [9.17, 15) is 13.6 Å². The van der Waals surface area contributed by atoms with Crippen LogP contribution < -0.4 is 10.1 Å². The normalized spacial score (nSPS) is 11.0. The van der Waals surface area contributed by atoms with E-state index < -0.39 is 12.5 Å². The predicted octanol–water partition coefficient (Wildman–Crippen LogP) is 4.07. The van der Waals surface area contributed by atoms with Gasteiger partial charge in [0.25, 0.3) is 5.91 Å². The van der Waals surface area contributed by atoms with E-state index in [2.05, 4.69) is 20.3 Å². The molecule has 0 saturated carbocycles. The number of benzene rings is 2. The predicted molar refractivity (Wildman–Crippen MR) is 82.1 cm³/mol. The highest BCUT2D eigenvalue weighted by molar-refractivity contribution is 6.32. The standard InChI is InChI=1S/C15H10ClF2N3O2/c16-10-7-8(5-6-12(10)23-15(17)18)19-14(22)13-9-3-1-2-4-11(9)20-21-13/h1-7,15H,(H,19,22)(H,20,21). The third-order valence-corrected chi connectivity index (χ3v) is 3.39. The molecular weight excluding hydrogens is 328 g/mol. The second-order valence-electron chi connectivity index (χ2n) is 4.60. The molecule has 3 aromatic rings. The number of H-pyrrole nitrogens is 1. The molecule has 5 nitrogen and oxygen atoms in total. The number of nitrogens with zero attached hydrogens (tertiary/aromatic N) is 1. The molecule has 1 amide bonds. The van der Waals surface area contributed by atoms with Crippen LogP contribution in [-0.4, -0.2) is 22.7 Å². The third kappa shape index (κ3) is 3.24. The second-order valence-corrected chi connectivity index (χ2v) is 5.00. The zero-order valence-electron chi connectivity index (χ0n) is 11.5. The lowest BCUT2D eigenvalue weighted by atomic mass is 10.2. The summed E-state index contributed by atoms with van der Waals surface area (Å²) >= 11 is 5.85. The molecule has 0 bridgehead atoms. The van der Waals surface area contributed by atoms with E-state index in [1.807, 2.05) is 6.07 Å². The maximum atomic E-state index is 12.3. The maximum absolute atomic E-state index is 12.3. The van der Waals surface area contributed by atoms with Gasteiger partial charge >= 0.3 is 6.61 Å². The summed E-state index contributed by atoms with van der Waals surface area (Å²) in [6.45, 7) is -2.97. The van der Waals surface area contributed by atoms with Gasteiger partial charge in [-0.3, -0.25) is 9.89 Å². The number of aromatic nitrogens is 2. The Labute approximate surface area is 134 Å². The highest BCUT2D eigenvalue weighted by Gasteiger charge is 2.15. The average Bonchev–Trinajstić information content (AvgIpc) is 2.94. The van der Waals surface area contributed by atoms with Crippen molar-refractivity contribution in [3.63, 3.8) is 0 Å². The number of hydrogen-bond acceptors (Lipinski definition) is 3. The lowest BCUT2D eigenvalue weighted by Gasteiger charge is -2.09. The molecule has 2 aromatic carbocycles. The molecule has 1 heterocycles. The number of aromatic amines is 1. The van der Waals surface area contributed by atoms with Gasteiger partial charge in [-0.2, -0.15) is 13.9 Å². The first-order valence-corrected chi connectivity index (χ1v) is 6.91. The number of hydrogen-bond donors (Lipinski definition) is 2. The van der Waals surface area contributed by atoms with Crippen LogP contribution in [0.1, 0.15) is 10.5 Å². The van der Waals surface area contributed by atoms with Crippen molar-refractivity contribution in [2.75, 3.05) is 5.32 Å². The summed E-state index contributed by atoms with van der Waals surface area (Å²) in [6, 6.07) is 11.2. The van der Waals surface area contributed by atoms with Crippen LogP contribution in [0.15, 0.2) is 42.5 Å². The van der Waals surface area contributed by atoms with Crippen molar-refractivity contribution in [3.8, 4) is 5.75 Å². The van der Waals surface area contributed by atoms with Crippen LogP contribution in [0.3, 0.4) is 0 Å². The summed E-state index contributed by atoms with van der Waals surface area (Å²) in [7, 11) is 0. The number of carbonyl (C=O) groups is 1. The summed E-state index contributed by atoms with van der Waals surface area (Å²) in [5.41, 5.74) is 1.30. The van der Waals surface area contributed by atoms with E-state index in [1.54, 1.807) is 18.2 Å². The summed E-state index contributed by atoms with van der Waals surface area (Å²) in [6.07, 6.45) is 0. The quantitative estimate of drug-likeness (QED) is 0.754. The summed E-state index contributed by atoms with van der Waals surface area (Å²) in [5, 5.41) is 9.98. The van der Waals surface area contributed by atoms with Crippen LogP contribution in [0, 0.1) is 0 Å². The van der Waals surface area contributed by atoms with Crippen LogP contribution in [0.2, 0.25) is 5.02 Å². The first-order valence-electron chi connectivity index (χ1n) is 6.53. The number of amides is 1. The van der Waals surface area contributed by atoms with Crippen molar-refractivity contribution >= 4 is 34.1 Å². The smallest absolute Gasteiger partial charge is 0.387 e. The van der Waals surface area contributed by atoms with Crippen LogP contribution in [0.25, 0.3) is 10.9 Å². The Bertz CT molecular complexity index is 867. The number of carbonyl (C=O) groups excluding carboxylic acids is 1. The largest absolute Gasteiger partial charge is 0.433 e. The van der Waals surface area contributed by atoms with Crippen molar-refractivity contribution < 1.29 is 18.3 Å². The molecule has 1 aromatic heterocycles. The van der Waals surface area contributed by atoms with E-state index in [4.69, 9.17) is 11.6 Å². The Hall–Kier alpha value is -2.67. The van der Waals surface area contributed by atoms with E-state index in [0.717, 1.165) is 5.52 Å². The molecule has 118 valence electrons. The van der Waals surface area contributed by atoms with Gasteiger partial charge in [0, 0.05) is 11.1 Å². The molecule has 0 aliphatic heterocycles. The SMILES string of the molecule is O=C(Nc1ccc(OC(F)F)c(Cl)c1)c1n[nH]c2ccccc12. The first-order chi connectivity index (χ1) is 11.0. The molecule has 0 spiro atoms. The molecule has 0 fully saturated rings. The summed E-state index contributed by atoms with van der Waals surface area (Å²) in [5.74, 6) is -0.606. The van der Waals surface area contributed by atoms with Gasteiger partial charge in [-0.1, -0.05) is 29.8 Å². The van der Waals surface area contributed by atoms with E-state index >= 15 is 0 Å². The Kier molecular flexibility index (Phi) is 4.12. The number of fused-ring (bicyclic) bond motifs is 1. The Morgan fingerprint density at radius 1 is 1.26 bits per heavy atom.